The van der Waals surface area contributed by atoms with Gasteiger partial charge in [0.1, 0.15) is 28.7 Å². The van der Waals surface area contributed by atoms with Gasteiger partial charge in [0, 0.05) is 23.8 Å². The Morgan fingerprint density at radius 2 is 1.88 bits per heavy atom. The average molecular weight is 798 g/mol. The number of methoxy groups -OCH3 is 1. The molecule has 1 spiro atoms. The predicted octanol–water partition coefficient (Wildman–Crippen LogP) is 5.07. The van der Waals surface area contributed by atoms with E-state index in [1.807, 2.05) is 52.8 Å². The van der Waals surface area contributed by atoms with Gasteiger partial charge in [0.2, 0.25) is 21.8 Å². The molecule has 4 N–H and O–H groups in total. The number of hydrogen-bond acceptors (Lipinski definition) is 10. The Morgan fingerprint density at radius 1 is 1.12 bits per heavy atom. The third kappa shape index (κ3) is 9.18. The summed E-state index contributed by atoms with van der Waals surface area (Å²) in [7, 11) is -2.20. The Kier molecular flexibility index (Phi) is 11.9. The van der Waals surface area contributed by atoms with E-state index in [4.69, 9.17) is 24.9 Å². The number of nitrogens with two attached hydrogens (primary N) is 1. The van der Waals surface area contributed by atoms with Crippen LogP contribution in [0.2, 0.25) is 0 Å². The molecule has 3 heterocycles. The van der Waals surface area contributed by atoms with E-state index in [0.29, 0.717) is 63.1 Å². The summed E-state index contributed by atoms with van der Waals surface area (Å²) in [6.45, 7) is 10.3. The number of benzene rings is 1. The van der Waals surface area contributed by atoms with Gasteiger partial charge in [-0.05, 0) is 86.8 Å². The number of rotatable bonds is 16. The zero-order valence-electron chi connectivity index (χ0n) is 33.7. The molecule has 0 radical (unpaired) electrons. The van der Waals surface area contributed by atoms with E-state index in [2.05, 4.69) is 10.0 Å². The Balaban J connectivity index is 1.26. The second-order valence-electron chi connectivity index (χ2n) is 17.8. The molecular weight excluding hydrogens is 739 g/mol. The maximum absolute atomic E-state index is 14.4. The zero-order valence-corrected chi connectivity index (χ0v) is 34.5. The SMILES string of the molecule is CC[C@@H]1C[C@]1(NC(=O)[C@@H]1C[C@]2(CCc3c(c(CCCCC[C@H](C)COC(N)=O)nc4ccc(OC)cc34)O2)CN1C(=O)CC(C)(C)C)C(=O)NS(=O)(=O)C1CC1. The van der Waals surface area contributed by atoms with Gasteiger partial charge in [-0.3, -0.25) is 19.1 Å². The van der Waals surface area contributed by atoms with Crippen molar-refractivity contribution in [1.82, 2.24) is 19.9 Å². The van der Waals surface area contributed by atoms with Gasteiger partial charge >= 0.3 is 6.09 Å². The van der Waals surface area contributed by atoms with Crippen LogP contribution < -0.4 is 25.2 Å². The van der Waals surface area contributed by atoms with Crippen molar-refractivity contribution in [3.8, 4) is 11.5 Å². The smallest absolute Gasteiger partial charge is 0.404 e. The van der Waals surface area contributed by atoms with Crippen LogP contribution in [0.15, 0.2) is 18.2 Å². The van der Waals surface area contributed by atoms with Crippen LogP contribution in [-0.4, -0.2) is 84.8 Å². The van der Waals surface area contributed by atoms with Crippen LogP contribution in [0.5, 0.6) is 11.5 Å². The highest BCUT2D eigenvalue weighted by molar-refractivity contribution is 7.91. The van der Waals surface area contributed by atoms with Crippen LogP contribution in [0.25, 0.3) is 10.9 Å². The molecule has 3 fully saturated rings. The molecular formula is C41H59N5O9S. The molecule has 4 amide bonds. The first-order chi connectivity index (χ1) is 26.4. The highest BCUT2D eigenvalue weighted by Crippen LogP contribution is 2.49. The largest absolute Gasteiger partial charge is 0.497 e. The molecule has 14 nitrogen and oxygen atoms in total. The Labute approximate surface area is 330 Å². The van der Waals surface area contributed by atoms with Gasteiger partial charge in [-0.2, -0.15) is 0 Å². The van der Waals surface area contributed by atoms with Gasteiger partial charge in [0.15, 0.2) is 0 Å². The molecule has 15 heteroatoms. The number of carbonyl (C=O) groups excluding carboxylic acids is 4. The Hall–Kier alpha value is -4.14. The minimum atomic E-state index is -3.82. The lowest BCUT2D eigenvalue weighted by atomic mass is 9.86. The fourth-order valence-corrected chi connectivity index (χ4v) is 9.82. The van der Waals surface area contributed by atoms with Gasteiger partial charge in [-0.1, -0.05) is 53.9 Å². The number of carbonyl (C=O) groups is 4. The molecule has 1 saturated heterocycles. The number of aryl methyl sites for hydroxylation is 2. The van der Waals surface area contributed by atoms with Gasteiger partial charge < -0.3 is 30.2 Å². The topological polar surface area (TPSA) is 196 Å². The molecule has 0 bridgehead atoms. The van der Waals surface area contributed by atoms with Crippen LogP contribution >= 0.6 is 0 Å². The van der Waals surface area contributed by atoms with Crippen LogP contribution in [0.3, 0.4) is 0 Å². The van der Waals surface area contributed by atoms with Crippen LogP contribution in [0, 0.1) is 17.3 Å². The second-order valence-corrected chi connectivity index (χ2v) is 19.8. The normalized spacial score (nSPS) is 24.9. The number of ether oxygens (including phenoxy) is 3. The molecule has 56 heavy (non-hydrogen) atoms. The van der Waals surface area contributed by atoms with Crippen molar-refractivity contribution in [2.24, 2.45) is 23.0 Å². The van der Waals surface area contributed by atoms with Crippen LogP contribution in [0.4, 0.5) is 4.79 Å². The number of sulfonamides is 1. The van der Waals surface area contributed by atoms with E-state index in [1.165, 1.54) is 0 Å². The number of nitrogens with zero attached hydrogens (tertiary/aromatic N) is 2. The summed E-state index contributed by atoms with van der Waals surface area (Å²) in [6, 6.07) is 4.89. The van der Waals surface area contributed by atoms with Crippen molar-refractivity contribution in [3.05, 3.63) is 29.5 Å². The fraction of sp³-hybridized carbons (Fsp3) is 0.683. The van der Waals surface area contributed by atoms with E-state index in [1.54, 1.807) is 12.0 Å². The molecule has 5 atom stereocenters. The van der Waals surface area contributed by atoms with Crippen LogP contribution in [-0.2, 0) is 42.0 Å². The summed E-state index contributed by atoms with van der Waals surface area (Å²) in [6.07, 6.45) is 7.00. The zero-order chi connectivity index (χ0) is 40.6. The monoisotopic (exact) mass is 797 g/mol. The summed E-state index contributed by atoms with van der Waals surface area (Å²) >= 11 is 0. The third-order valence-corrected chi connectivity index (χ3v) is 13.7. The summed E-state index contributed by atoms with van der Waals surface area (Å²) in [5.74, 6) is -0.0223. The molecule has 2 aromatic rings. The van der Waals surface area contributed by atoms with Crippen molar-refractivity contribution < 1.29 is 41.8 Å². The standard InChI is InChI=1S/C41H59N5O9S/c1-7-26-20-41(26,37(49)45-56(51,52)28-14-15-28)44-36(48)33-21-40(24-46(33)34(47)22-39(3,4)5)18-17-29-30-19-27(53-6)13-16-31(30)43-32(35(29)55-40)12-10-8-9-11-25(2)23-54-38(42)50/h13,16,19,25-26,28,33H,7-12,14-15,17-18,20-24H2,1-6H3,(H2,42,50)(H,44,48)(H,45,49)/t25-,26+,33-,40+,41+/m0/s1. The minimum absolute atomic E-state index is 0.182. The van der Waals surface area contributed by atoms with Crippen LogP contribution in [0.1, 0.15) is 117 Å². The van der Waals surface area contributed by atoms with Crippen molar-refractivity contribution in [3.63, 3.8) is 0 Å². The number of likely N-dealkylation sites (tertiary alicyclic amines) is 1. The highest BCUT2D eigenvalue weighted by atomic mass is 32.2. The van der Waals surface area contributed by atoms with E-state index >= 15 is 0 Å². The van der Waals surface area contributed by atoms with Crippen molar-refractivity contribution in [2.75, 3.05) is 20.3 Å². The summed E-state index contributed by atoms with van der Waals surface area (Å²) in [5, 5.41) is 3.32. The maximum Gasteiger partial charge on any atom is 0.404 e. The number of aromatic nitrogens is 1. The van der Waals surface area contributed by atoms with Gasteiger partial charge in [0.05, 0.1) is 36.7 Å². The number of unbranched alkanes of at least 4 members (excludes halogenated alkanes) is 2. The lowest BCUT2D eigenvalue weighted by Gasteiger charge is -2.37. The van der Waals surface area contributed by atoms with Gasteiger partial charge in [-0.15, -0.1) is 0 Å². The van der Waals surface area contributed by atoms with Crippen molar-refractivity contribution in [2.45, 2.75) is 141 Å². The first-order valence-electron chi connectivity index (χ1n) is 20.2. The molecule has 6 rings (SSSR count). The highest BCUT2D eigenvalue weighted by Gasteiger charge is 2.63. The molecule has 0 unspecified atom stereocenters. The van der Waals surface area contributed by atoms with Gasteiger partial charge in [0.25, 0.3) is 5.91 Å². The number of nitrogens with one attached hydrogen (secondary N) is 2. The molecule has 2 saturated carbocycles. The second kappa shape index (κ2) is 16.0. The Morgan fingerprint density at radius 3 is 2.52 bits per heavy atom. The first kappa shape index (κ1) is 41.5. The number of fused-ring (bicyclic) bond motifs is 3. The third-order valence-electron chi connectivity index (χ3n) is 11.8. The lowest BCUT2D eigenvalue weighted by molar-refractivity contribution is -0.141. The number of hydrogen-bond donors (Lipinski definition) is 3. The average Bonchev–Trinajstić information content (AvgIpc) is 4.07. The summed E-state index contributed by atoms with van der Waals surface area (Å²) in [5.41, 5.74) is 5.20. The number of amides is 4. The maximum atomic E-state index is 14.4. The van der Waals surface area contributed by atoms with E-state index in [-0.39, 0.29) is 42.5 Å². The molecule has 1 aromatic heterocycles. The molecule has 1 aromatic carbocycles. The van der Waals surface area contributed by atoms with Crippen molar-refractivity contribution in [1.29, 1.82) is 0 Å². The summed E-state index contributed by atoms with van der Waals surface area (Å²) in [4.78, 5) is 59.8. The van der Waals surface area contributed by atoms with E-state index in [0.717, 1.165) is 47.8 Å². The molecule has 4 aliphatic rings. The lowest BCUT2D eigenvalue weighted by Crippen LogP contribution is -2.56. The summed E-state index contributed by atoms with van der Waals surface area (Å²) < 4.78 is 45.4. The van der Waals surface area contributed by atoms with Crippen molar-refractivity contribution >= 4 is 44.7 Å². The molecule has 308 valence electrons. The van der Waals surface area contributed by atoms with E-state index in [9.17, 15) is 27.6 Å². The predicted molar refractivity (Wildman–Crippen MR) is 210 cm³/mol. The molecule has 2 aliphatic carbocycles. The number of primary amides is 1. The van der Waals surface area contributed by atoms with Gasteiger partial charge in [-0.25, -0.2) is 18.2 Å². The fourth-order valence-electron chi connectivity index (χ4n) is 8.45. The minimum Gasteiger partial charge on any atom is -0.497 e. The molecule has 2 aliphatic heterocycles. The Bertz CT molecular complexity index is 1960. The quantitative estimate of drug-likeness (QED) is 0.193. The first-order valence-corrected chi connectivity index (χ1v) is 21.7. The number of pyridine rings is 1. The van der Waals surface area contributed by atoms with E-state index < -0.39 is 50.4 Å².